The Morgan fingerprint density at radius 1 is 1.33 bits per heavy atom. The SMILES string of the molecule is C[n+]1cn(N)c2ccccc21.[I-]. The summed E-state index contributed by atoms with van der Waals surface area (Å²) < 4.78 is 3.62. The van der Waals surface area contributed by atoms with Crippen LogP contribution >= 0.6 is 0 Å². The van der Waals surface area contributed by atoms with Crippen LogP contribution in [0, 0.1) is 0 Å². The van der Waals surface area contributed by atoms with Crippen molar-refractivity contribution in [2.24, 2.45) is 7.05 Å². The Bertz CT molecular complexity index is 358. The Kier molecular flexibility index (Phi) is 2.56. The van der Waals surface area contributed by atoms with E-state index in [1.165, 1.54) is 0 Å². The van der Waals surface area contributed by atoms with Crippen LogP contribution in [-0.4, -0.2) is 4.68 Å². The van der Waals surface area contributed by atoms with Crippen LogP contribution in [0.2, 0.25) is 0 Å². The lowest BCUT2D eigenvalue weighted by molar-refractivity contribution is -0.645. The van der Waals surface area contributed by atoms with Crippen LogP contribution in [0.4, 0.5) is 0 Å². The number of fused-ring (bicyclic) bond motifs is 1. The highest BCUT2D eigenvalue weighted by molar-refractivity contribution is 5.71. The van der Waals surface area contributed by atoms with Crippen molar-refractivity contribution in [1.82, 2.24) is 4.68 Å². The number of rotatable bonds is 0. The molecule has 3 nitrogen and oxygen atoms in total. The maximum Gasteiger partial charge on any atom is 0.267 e. The van der Waals surface area contributed by atoms with Crippen LogP contribution in [-0.2, 0) is 7.05 Å². The predicted molar refractivity (Wildman–Crippen MR) is 43.3 cm³/mol. The summed E-state index contributed by atoms with van der Waals surface area (Å²) in [7, 11) is 1.98. The molecule has 0 spiro atoms. The van der Waals surface area contributed by atoms with Crippen LogP contribution in [0.5, 0.6) is 0 Å². The van der Waals surface area contributed by atoms with Gasteiger partial charge in [-0.1, -0.05) is 12.1 Å². The normalized spacial score (nSPS) is 9.75. The summed E-state index contributed by atoms with van der Waals surface area (Å²) in [5.41, 5.74) is 2.20. The van der Waals surface area contributed by atoms with E-state index in [0.717, 1.165) is 11.0 Å². The van der Waals surface area contributed by atoms with E-state index >= 15 is 0 Å². The molecular weight excluding hydrogens is 265 g/mol. The summed E-state index contributed by atoms with van der Waals surface area (Å²) in [6.07, 6.45) is 1.85. The number of benzene rings is 1. The summed E-state index contributed by atoms with van der Waals surface area (Å²) in [6, 6.07) is 8.02. The number of nitrogen functional groups attached to an aromatic ring is 1. The lowest BCUT2D eigenvalue weighted by atomic mass is 10.3. The molecule has 0 bridgehead atoms. The monoisotopic (exact) mass is 275 g/mol. The molecule has 0 radical (unpaired) electrons. The molecule has 1 aromatic carbocycles. The minimum absolute atomic E-state index is 0. The number of para-hydroxylation sites is 2. The number of hydrogen-bond donors (Lipinski definition) is 1. The van der Waals surface area contributed by atoms with E-state index in [2.05, 4.69) is 0 Å². The molecule has 2 N–H and O–H groups in total. The van der Waals surface area contributed by atoms with Crippen molar-refractivity contribution in [1.29, 1.82) is 0 Å². The number of aromatic nitrogens is 2. The largest absolute Gasteiger partial charge is 1.00 e. The van der Waals surface area contributed by atoms with E-state index in [1.54, 1.807) is 4.68 Å². The van der Waals surface area contributed by atoms with Crippen LogP contribution in [0.25, 0.3) is 11.0 Å². The van der Waals surface area contributed by atoms with Crippen LogP contribution < -0.4 is 34.4 Å². The molecular formula is C8H10IN3. The van der Waals surface area contributed by atoms with Gasteiger partial charge in [0.1, 0.15) is 0 Å². The van der Waals surface area contributed by atoms with E-state index in [-0.39, 0.29) is 24.0 Å². The highest BCUT2D eigenvalue weighted by atomic mass is 127. The summed E-state index contributed by atoms with van der Waals surface area (Å²) >= 11 is 0. The molecule has 1 aromatic heterocycles. The first kappa shape index (κ1) is 9.31. The number of nitrogens with zero attached hydrogens (tertiary/aromatic N) is 2. The zero-order valence-corrected chi connectivity index (χ0v) is 8.89. The van der Waals surface area contributed by atoms with Gasteiger partial charge in [0.2, 0.25) is 0 Å². The topological polar surface area (TPSA) is 34.8 Å². The van der Waals surface area contributed by atoms with Crippen LogP contribution in [0.15, 0.2) is 30.6 Å². The highest BCUT2D eigenvalue weighted by Gasteiger charge is 2.07. The molecule has 0 amide bonds. The molecule has 0 atom stereocenters. The standard InChI is InChI=1S/C8H10N3.HI/c1-10-6-11(9)8-5-3-2-4-7(8)10;/h2-6H,9H2,1H3;1H/q+1;/p-1. The fraction of sp³-hybridized carbons (Fsp3) is 0.125. The summed E-state index contributed by atoms with van der Waals surface area (Å²) in [4.78, 5) is 0. The molecule has 2 aromatic rings. The lowest BCUT2D eigenvalue weighted by Gasteiger charge is -1.84. The Morgan fingerprint density at radius 3 is 2.67 bits per heavy atom. The van der Waals surface area contributed by atoms with Crippen LogP contribution in [0.3, 0.4) is 0 Å². The maximum atomic E-state index is 5.67. The van der Waals surface area contributed by atoms with Gasteiger partial charge in [0, 0.05) is 0 Å². The van der Waals surface area contributed by atoms with Gasteiger partial charge < -0.3 is 24.0 Å². The van der Waals surface area contributed by atoms with Gasteiger partial charge in [0.05, 0.1) is 7.05 Å². The average Bonchev–Trinajstić information content (AvgIpc) is 2.30. The van der Waals surface area contributed by atoms with E-state index < -0.39 is 0 Å². The lowest BCUT2D eigenvalue weighted by Crippen LogP contribution is -3.00. The van der Waals surface area contributed by atoms with Crippen molar-refractivity contribution in [3.63, 3.8) is 0 Å². The van der Waals surface area contributed by atoms with Gasteiger partial charge in [-0.2, -0.15) is 0 Å². The van der Waals surface area contributed by atoms with Gasteiger partial charge in [-0.15, -0.1) is 4.68 Å². The first-order valence-corrected chi connectivity index (χ1v) is 3.50. The predicted octanol–water partition coefficient (Wildman–Crippen LogP) is -2.82. The molecule has 4 heteroatoms. The smallest absolute Gasteiger partial charge is 0.267 e. The summed E-state index contributed by atoms with van der Waals surface area (Å²) in [5.74, 6) is 5.67. The average molecular weight is 275 g/mol. The molecule has 0 unspecified atom stereocenters. The number of halogens is 1. The van der Waals surface area contributed by atoms with Gasteiger partial charge in [0.15, 0.2) is 11.0 Å². The Morgan fingerprint density at radius 2 is 2.00 bits per heavy atom. The zero-order chi connectivity index (χ0) is 7.84. The quantitative estimate of drug-likeness (QED) is 0.314. The van der Waals surface area contributed by atoms with E-state index in [9.17, 15) is 0 Å². The molecule has 0 aliphatic heterocycles. The molecule has 0 aliphatic carbocycles. The Labute approximate surface area is 87.8 Å². The van der Waals surface area contributed by atoms with Crippen molar-refractivity contribution < 1.29 is 28.5 Å². The second-order valence-electron chi connectivity index (χ2n) is 2.62. The minimum atomic E-state index is 0. The van der Waals surface area contributed by atoms with Gasteiger partial charge in [0.25, 0.3) is 6.33 Å². The summed E-state index contributed by atoms with van der Waals surface area (Å²) in [6.45, 7) is 0. The first-order valence-electron chi connectivity index (χ1n) is 3.50. The molecule has 0 fully saturated rings. The van der Waals surface area contributed by atoms with Crippen LogP contribution in [0.1, 0.15) is 0 Å². The highest BCUT2D eigenvalue weighted by Crippen LogP contribution is 2.05. The van der Waals surface area contributed by atoms with Gasteiger partial charge >= 0.3 is 0 Å². The number of imidazole rings is 1. The number of hydrogen-bond acceptors (Lipinski definition) is 1. The fourth-order valence-electron chi connectivity index (χ4n) is 1.29. The van der Waals surface area contributed by atoms with Crippen molar-refractivity contribution in [2.75, 3.05) is 5.84 Å². The number of nitrogens with two attached hydrogens (primary N) is 1. The molecule has 2 rings (SSSR count). The maximum absolute atomic E-state index is 5.67. The third-order valence-electron chi connectivity index (χ3n) is 1.84. The van der Waals surface area contributed by atoms with Crippen molar-refractivity contribution in [2.45, 2.75) is 0 Å². The van der Waals surface area contributed by atoms with E-state index in [4.69, 9.17) is 5.84 Å². The second-order valence-corrected chi connectivity index (χ2v) is 2.62. The molecule has 0 saturated carbocycles. The van der Waals surface area contributed by atoms with Crippen molar-refractivity contribution in [3.05, 3.63) is 30.6 Å². The third kappa shape index (κ3) is 1.26. The number of aryl methyl sites for hydroxylation is 1. The molecule has 12 heavy (non-hydrogen) atoms. The van der Waals surface area contributed by atoms with Gasteiger partial charge in [-0.25, -0.2) is 4.57 Å². The molecule has 0 aliphatic rings. The minimum Gasteiger partial charge on any atom is -1.00 e. The molecule has 0 saturated heterocycles. The van der Waals surface area contributed by atoms with Gasteiger partial charge in [-0.3, -0.25) is 5.84 Å². The second kappa shape index (κ2) is 3.30. The third-order valence-corrected chi connectivity index (χ3v) is 1.84. The molecule has 1 heterocycles. The zero-order valence-electron chi connectivity index (χ0n) is 6.74. The van der Waals surface area contributed by atoms with E-state index in [0.29, 0.717) is 0 Å². The Balaban J connectivity index is 0.000000720. The van der Waals surface area contributed by atoms with Crippen molar-refractivity contribution in [3.8, 4) is 0 Å². The van der Waals surface area contributed by atoms with Gasteiger partial charge in [-0.05, 0) is 12.1 Å². The first-order chi connectivity index (χ1) is 5.29. The Hall–Kier alpha value is -0.780. The molecule has 64 valence electrons. The van der Waals surface area contributed by atoms with Crippen molar-refractivity contribution >= 4 is 11.0 Å². The summed E-state index contributed by atoms with van der Waals surface area (Å²) in [5, 5.41) is 0. The van der Waals surface area contributed by atoms with E-state index in [1.807, 2.05) is 42.2 Å². The fourth-order valence-corrected chi connectivity index (χ4v) is 1.29.